The third-order valence-electron chi connectivity index (χ3n) is 2.75. The van der Waals surface area contributed by atoms with Gasteiger partial charge in [0.15, 0.2) is 0 Å². The van der Waals surface area contributed by atoms with Crippen LogP contribution in [0, 0.1) is 0 Å². The van der Waals surface area contributed by atoms with Gasteiger partial charge in [-0.25, -0.2) is 0 Å². The molecule has 1 aliphatic rings. The maximum atomic E-state index is 12.2. The van der Waals surface area contributed by atoms with E-state index in [-0.39, 0.29) is 5.75 Å². The zero-order valence-electron chi connectivity index (χ0n) is 9.96. The van der Waals surface area contributed by atoms with Gasteiger partial charge in [0.2, 0.25) is 0 Å². The number of nitrogens with two attached hydrogens (primary N) is 1. The molecule has 0 radical (unpaired) electrons. The molecule has 1 aliphatic carbocycles. The van der Waals surface area contributed by atoms with E-state index in [1.807, 2.05) is 0 Å². The van der Waals surface area contributed by atoms with Crippen LogP contribution >= 0.6 is 0 Å². The molecule has 0 spiro atoms. The quantitative estimate of drug-likeness (QED) is 0.485. The van der Waals surface area contributed by atoms with Gasteiger partial charge in [-0.15, -0.1) is 13.2 Å². The van der Waals surface area contributed by atoms with E-state index in [0.29, 0.717) is 23.8 Å². The molecule has 1 aromatic carbocycles. The summed E-state index contributed by atoms with van der Waals surface area (Å²) in [4.78, 5) is 8.24. The molecule has 0 saturated carbocycles. The summed E-state index contributed by atoms with van der Waals surface area (Å²) < 4.78 is 40.5. The number of fused-ring (bicyclic) bond motifs is 1. The first-order chi connectivity index (χ1) is 8.89. The molecular weight excluding hydrogens is 261 g/mol. The fraction of sp³-hybridized carbons (Fsp3) is 0.417. The second-order valence-electron chi connectivity index (χ2n) is 3.96. The molecule has 2 N–H and O–H groups in total. The van der Waals surface area contributed by atoms with Gasteiger partial charge in [0, 0.05) is 5.69 Å². The SMILES string of the molecule is Nc1ccc(OC(F)(F)F)c2c1CCCC2.[N-]=C=O. The Balaban J connectivity index is 0.000000550. The van der Waals surface area contributed by atoms with E-state index in [9.17, 15) is 13.2 Å². The Labute approximate surface area is 107 Å². The molecule has 1 aromatic rings. The molecule has 0 amide bonds. The number of carbonyl (C=O) groups excluding carboxylic acids is 1. The summed E-state index contributed by atoms with van der Waals surface area (Å²) in [6.07, 6.45) is -0.958. The number of rotatable bonds is 1. The van der Waals surface area contributed by atoms with Crippen molar-refractivity contribution in [2.75, 3.05) is 5.73 Å². The zero-order chi connectivity index (χ0) is 14.5. The number of anilines is 1. The molecule has 104 valence electrons. The van der Waals surface area contributed by atoms with Gasteiger partial charge in [0.1, 0.15) is 5.75 Å². The fourth-order valence-electron chi connectivity index (χ4n) is 2.08. The first-order valence-corrected chi connectivity index (χ1v) is 5.56. The monoisotopic (exact) mass is 273 g/mol. The van der Waals surface area contributed by atoms with E-state index >= 15 is 0 Å². The number of isocyanates is 1. The molecule has 0 bridgehead atoms. The molecule has 19 heavy (non-hydrogen) atoms. The molecule has 2 rings (SSSR count). The normalized spacial score (nSPS) is 13.6. The summed E-state index contributed by atoms with van der Waals surface area (Å²) in [6, 6.07) is 2.78. The van der Waals surface area contributed by atoms with Crippen LogP contribution in [0.3, 0.4) is 0 Å². The highest BCUT2D eigenvalue weighted by Crippen LogP contribution is 2.35. The van der Waals surface area contributed by atoms with E-state index < -0.39 is 6.36 Å². The second-order valence-corrected chi connectivity index (χ2v) is 3.96. The summed E-state index contributed by atoms with van der Waals surface area (Å²) >= 11 is 0. The van der Waals surface area contributed by atoms with E-state index in [2.05, 4.69) is 4.74 Å². The minimum atomic E-state index is -4.64. The van der Waals surface area contributed by atoms with E-state index in [4.69, 9.17) is 15.9 Å². The van der Waals surface area contributed by atoms with Gasteiger partial charge in [0.25, 0.3) is 0 Å². The maximum Gasteiger partial charge on any atom is 0.573 e. The third-order valence-corrected chi connectivity index (χ3v) is 2.75. The third kappa shape index (κ3) is 4.30. The highest BCUT2D eigenvalue weighted by molar-refractivity contribution is 5.57. The van der Waals surface area contributed by atoms with Gasteiger partial charge in [-0.1, -0.05) is 0 Å². The topological polar surface area (TPSA) is 74.6 Å². The Hall–Kier alpha value is -2.01. The van der Waals surface area contributed by atoms with Gasteiger partial charge >= 0.3 is 6.36 Å². The number of hydrogen-bond donors (Lipinski definition) is 1. The van der Waals surface area contributed by atoms with Crippen LogP contribution in [0.25, 0.3) is 5.41 Å². The van der Waals surface area contributed by atoms with Gasteiger partial charge in [-0.3, -0.25) is 4.79 Å². The van der Waals surface area contributed by atoms with Crippen molar-refractivity contribution < 1.29 is 22.7 Å². The van der Waals surface area contributed by atoms with Crippen LogP contribution in [-0.2, 0) is 17.6 Å². The predicted molar refractivity (Wildman–Crippen MR) is 63.2 cm³/mol. The van der Waals surface area contributed by atoms with Crippen molar-refractivity contribution in [3.63, 3.8) is 0 Å². The standard InChI is InChI=1S/C11H12F3NO.CNO/c12-11(13,14)16-10-6-5-9(15)7-3-1-2-4-8(7)10;2-1-3/h5-6H,1-4,15H2;/q;-1. The molecule has 7 heteroatoms. The van der Waals surface area contributed by atoms with Crippen molar-refractivity contribution in [3.05, 3.63) is 28.7 Å². The summed E-state index contributed by atoms with van der Waals surface area (Å²) in [5, 5.41) is 6.76. The first kappa shape index (κ1) is 15.0. The van der Waals surface area contributed by atoms with Gasteiger partial charge in [0.05, 0.1) is 0 Å². The van der Waals surface area contributed by atoms with Crippen molar-refractivity contribution in [1.82, 2.24) is 0 Å². The van der Waals surface area contributed by atoms with Crippen LogP contribution in [0.15, 0.2) is 12.1 Å². The lowest BCUT2D eigenvalue weighted by atomic mass is 9.90. The molecule has 0 aromatic heterocycles. The summed E-state index contributed by atoms with van der Waals surface area (Å²) in [5.41, 5.74) is 7.72. The lowest BCUT2D eigenvalue weighted by Gasteiger charge is -2.21. The summed E-state index contributed by atoms with van der Waals surface area (Å²) in [5.74, 6) is -0.101. The van der Waals surface area contributed by atoms with Gasteiger partial charge in [-0.2, -0.15) is 0 Å². The van der Waals surface area contributed by atoms with Gasteiger partial charge in [-0.05, 0) is 55.0 Å². The number of nitrogens with zero attached hydrogens (tertiary/aromatic N) is 1. The van der Waals surface area contributed by atoms with Crippen molar-refractivity contribution in [2.24, 2.45) is 0 Å². The summed E-state index contributed by atoms with van der Waals surface area (Å²) in [6.45, 7) is 0. The zero-order valence-corrected chi connectivity index (χ0v) is 9.96. The van der Waals surface area contributed by atoms with Crippen molar-refractivity contribution >= 4 is 11.8 Å². The van der Waals surface area contributed by atoms with Crippen LogP contribution in [0.1, 0.15) is 24.0 Å². The molecule has 0 heterocycles. The maximum absolute atomic E-state index is 12.2. The number of halogens is 3. The second kappa shape index (κ2) is 6.24. The van der Waals surface area contributed by atoms with Crippen LogP contribution in [0.5, 0.6) is 5.75 Å². The molecule has 0 atom stereocenters. The first-order valence-electron chi connectivity index (χ1n) is 5.56. The highest BCUT2D eigenvalue weighted by Gasteiger charge is 2.33. The molecule has 4 nitrogen and oxygen atoms in total. The van der Waals surface area contributed by atoms with E-state index in [1.165, 1.54) is 12.1 Å². The molecular formula is C12H12F3N2O2-. The van der Waals surface area contributed by atoms with E-state index in [0.717, 1.165) is 24.8 Å². The minimum Gasteiger partial charge on any atom is -0.724 e. The largest absolute Gasteiger partial charge is 0.724 e. The number of nitrogen functional groups attached to an aromatic ring is 1. The smallest absolute Gasteiger partial charge is 0.573 e. The van der Waals surface area contributed by atoms with E-state index in [1.54, 1.807) is 0 Å². The average molecular weight is 273 g/mol. The molecule has 0 unspecified atom stereocenters. The summed E-state index contributed by atoms with van der Waals surface area (Å²) in [7, 11) is 0. The van der Waals surface area contributed by atoms with Crippen molar-refractivity contribution in [2.45, 2.75) is 32.0 Å². The molecule has 0 fully saturated rings. The molecule has 0 aliphatic heterocycles. The average Bonchev–Trinajstić information content (AvgIpc) is 2.33. The minimum absolute atomic E-state index is 0.101. The fourth-order valence-corrected chi connectivity index (χ4v) is 2.08. The van der Waals surface area contributed by atoms with Crippen LogP contribution in [0.2, 0.25) is 0 Å². The lowest BCUT2D eigenvalue weighted by molar-refractivity contribution is -0.274. The number of hydrogen-bond acceptors (Lipinski definition) is 3. The van der Waals surface area contributed by atoms with Crippen LogP contribution in [-0.4, -0.2) is 12.4 Å². The molecule has 0 saturated heterocycles. The Kier molecular flexibility index (Phi) is 4.94. The number of benzene rings is 1. The van der Waals surface area contributed by atoms with Gasteiger partial charge < -0.3 is 15.9 Å². The van der Waals surface area contributed by atoms with Crippen molar-refractivity contribution in [3.8, 4) is 5.75 Å². The Morgan fingerprint density at radius 1 is 1.21 bits per heavy atom. The number of ether oxygens (including phenoxy) is 1. The van der Waals surface area contributed by atoms with Crippen LogP contribution in [0.4, 0.5) is 18.9 Å². The Morgan fingerprint density at radius 2 is 1.74 bits per heavy atom. The Bertz CT molecular complexity index is 481. The van der Waals surface area contributed by atoms with Crippen LogP contribution < -0.4 is 10.5 Å². The predicted octanol–water partition coefficient (Wildman–Crippen LogP) is 2.94. The Morgan fingerprint density at radius 3 is 2.26 bits per heavy atom. The lowest BCUT2D eigenvalue weighted by Crippen LogP contribution is -2.19. The highest BCUT2D eigenvalue weighted by atomic mass is 19.4. The van der Waals surface area contributed by atoms with Crippen molar-refractivity contribution in [1.29, 1.82) is 0 Å². The number of alkyl halides is 3.